The van der Waals surface area contributed by atoms with Gasteiger partial charge in [0.2, 0.25) is 11.9 Å². The van der Waals surface area contributed by atoms with Crippen molar-refractivity contribution in [2.75, 3.05) is 18.6 Å². The number of rotatable bonds is 2. The lowest BCUT2D eigenvalue weighted by molar-refractivity contribution is -0.117. The summed E-state index contributed by atoms with van der Waals surface area (Å²) < 4.78 is 4.94. The van der Waals surface area contributed by atoms with Crippen molar-refractivity contribution in [3.8, 4) is 18.1 Å². The molecule has 5 heteroatoms. The van der Waals surface area contributed by atoms with Gasteiger partial charge in [0.15, 0.2) is 5.75 Å². The van der Waals surface area contributed by atoms with Crippen LogP contribution < -0.4 is 9.64 Å². The van der Waals surface area contributed by atoms with Crippen molar-refractivity contribution < 1.29 is 9.53 Å². The maximum Gasteiger partial charge on any atom is 0.232 e. The molecule has 0 N–H and O–H groups in total. The lowest BCUT2D eigenvalue weighted by Crippen LogP contribution is -2.26. The van der Waals surface area contributed by atoms with E-state index in [9.17, 15) is 4.79 Å². The number of hydrogen-bond acceptors (Lipinski definition) is 4. The predicted octanol–water partition coefficient (Wildman–Crippen LogP) is 0.471. The summed E-state index contributed by atoms with van der Waals surface area (Å²) in [5, 5.41) is 0. The van der Waals surface area contributed by atoms with Gasteiger partial charge in [0.1, 0.15) is 0 Å². The molecule has 0 radical (unpaired) electrons. The normalized spacial score (nSPS) is 19.6. The molecule has 0 aliphatic carbocycles. The molecule has 0 spiro atoms. The Morgan fingerprint density at radius 3 is 2.75 bits per heavy atom. The lowest BCUT2D eigenvalue weighted by Gasteiger charge is -2.13. The first-order valence-electron chi connectivity index (χ1n) is 4.87. The highest BCUT2D eigenvalue weighted by atomic mass is 16.5. The minimum atomic E-state index is -0.0433. The second-order valence-electron chi connectivity index (χ2n) is 3.49. The summed E-state index contributed by atoms with van der Waals surface area (Å²) in [4.78, 5) is 21.2. The predicted molar refractivity (Wildman–Crippen MR) is 57.9 cm³/mol. The van der Waals surface area contributed by atoms with Gasteiger partial charge in [-0.2, -0.15) is 0 Å². The molecule has 1 aromatic rings. The SMILES string of the molecule is C#CC1CC(=O)N(c2ncc(OC)cn2)C1. The Bertz CT molecular complexity index is 436. The van der Waals surface area contributed by atoms with Crippen LogP contribution in [-0.4, -0.2) is 29.5 Å². The molecule has 1 atom stereocenters. The highest BCUT2D eigenvalue weighted by Crippen LogP contribution is 2.21. The Labute approximate surface area is 93.5 Å². The van der Waals surface area contributed by atoms with Crippen molar-refractivity contribution in [3.05, 3.63) is 12.4 Å². The number of carbonyl (C=O) groups is 1. The fourth-order valence-electron chi connectivity index (χ4n) is 1.57. The van der Waals surface area contributed by atoms with E-state index in [0.717, 1.165) is 0 Å². The average molecular weight is 217 g/mol. The summed E-state index contributed by atoms with van der Waals surface area (Å²) in [5.74, 6) is 3.43. The van der Waals surface area contributed by atoms with Gasteiger partial charge in [-0.25, -0.2) is 9.97 Å². The largest absolute Gasteiger partial charge is 0.494 e. The van der Waals surface area contributed by atoms with Crippen LogP contribution in [0.25, 0.3) is 0 Å². The van der Waals surface area contributed by atoms with Gasteiger partial charge in [0.25, 0.3) is 0 Å². The van der Waals surface area contributed by atoms with E-state index in [1.807, 2.05) is 0 Å². The Hall–Kier alpha value is -2.09. The minimum Gasteiger partial charge on any atom is -0.494 e. The quantitative estimate of drug-likeness (QED) is 0.676. The van der Waals surface area contributed by atoms with E-state index in [1.165, 1.54) is 24.4 Å². The number of aromatic nitrogens is 2. The third kappa shape index (κ3) is 1.82. The molecule has 16 heavy (non-hydrogen) atoms. The fraction of sp³-hybridized carbons (Fsp3) is 0.364. The van der Waals surface area contributed by atoms with Crippen molar-refractivity contribution >= 4 is 11.9 Å². The molecule has 0 aromatic carbocycles. The van der Waals surface area contributed by atoms with Gasteiger partial charge < -0.3 is 4.74 Å². The summed E-state index contributed by atoms with van der Waals surface area (Å²) in [7, 11) is 1.54. The van der Waals surface area contributed by atoms with E-state index in [0.29, 0.717) is 24.7 Å². The summed E-state index contributed by atoms with van der Waals surface area (Å²) in [5.41, 5.74) is 0. The summed E-state index contributed by atoms with van der Waals surface area (Å²) in [6, 6.07) is 0. The van der Waals surface area contributed by atoms with Crippen molar-refractivity contribution in [2.24, 2.45) is 5.92 Å². The van der Waals surface area contributed by atoms with Crippen LogP contribution in [-0.2, 0) is 4.79 Å². The molecular formula is C11H11N3O2. The fourth-order valence-corrected chi connectivity index (χ4v) is 1.57. The van der Waals surface area contributed by atoms with E-state index < -0.39 is 0 Å². The Balaban J connectivity index is 2.18. The van der Waals surface area contributed by atoms with Gasteiger partial charge in [-0.05, 0) is 0 Å². The minimum absolute atomic E-state index is 0.0342. The first-order valence-corrected chi connectivity index (χ1v) is 4.87. The molecule has 1 saturated heterocycles. The molecule has 5 nitrogen and oxygen atoms in total. The Morgan fingerprint density at radius 2 is 2.25 bits per heavy atom. The molecular weight excluding hydrogens is 206 g/mol. The number of hydrogen-bond donors (Lipinski definition) is 0. The zero-order valence-electron chi connectivity index (χ0n) is 8.88. The van der Waals surface area contributed by atoms with E-state index >= 15 is 0 Å². The highest BCUT2D eigenvalue weighted by Gasteiger charge is 2.30. The molecule has 2 rings (SSSR count). The van der Waals surface area contributed by atoms with Gasteiger partial charge in [-0.1, -0.05) is 0 Å². The van der Waals surface area contributed by atoms with Crippen molar-refractivity contribution in [1.29, 1.82) is 0 Å². The van der Waals surface area contributed by atoms with Gasteiger partial charge in [0.05, 0.1) is 19.5 Å². The third-order valence-corrected chi connectivity index (χ3v) is 2.45. The van der Waals surface area contributed by atoms with Gasteiger partial charge in [0, 0.05) is 18.9 Å². The molecule has 1 unspecified atom stereocenters. The topological polar surface area (TPSA) is 55.3 Å². The average Bonchev–Trinajstić information content (AvgIpc) is 2.71. The van der Waals surface area contributed by atoms with E-state index in [1.54, 1.807) is 0 Å². The monoisotopic (exact) mass is 217 g/mol. The first-order chi connectivity index (χ1) is 7.74. The Morgan fingerprint density at radius 1 is 1.56 bits per heavy atom. The van der Waals surface area contributed by atoms with Crippen LogP contribution in [0.3, 0.4) is 0 Å². The van der Waals surface area contributed by atoms with Crippen molar-refractivity contribution in [3.63, 3.8) is 0 Å². The van der Waals surface area contributed by atoms with Crippen molar-refractivity contribution in [2.45, 2.75) is 6.42 Å². The number of amides is 1. The van der Waals surface area contributed by atoms with Crippen LogP contribution in [0, 0.1) is 18.3 Å². The van der Waals surface area contributed by atoms with Crippen LogP contribution >= 0.6 is 0 Å². The first kappa shape index (κ1) is 10.4. The number of anilines is 1. The summed E-state index contributed by atoms with van der Waals surface area (Å²) in [6.45, 7) is 0.488. The molecule has 1 aliphatic rings. The van der Waals surface area contributed by atoms with Crippen LogP contribution in [0.5, 0.6) is 5.75 Å². The Kier molecular flexibility index (Phi) is 2.73. The smallest absolute Gasteiger partial charge is 0.232 e. The summed E-state index contributed by atoms with van der Waals surface area (Å²) >= 11 is 0. The molecule has 1 aliphatic heterocycles. The lowest BCUT2D eigenvalue weighted by atomic mass is 10.1. The number of terminal acetylenes is 1. The number of ether oxygens (including phenoxy) is 1. The van der Waals surface area contributed by atoms with Gasteiger partial charge in [-0.3, -0.25) is 9.69 Å². The maximum absolute atomic E-state index is 11.6. The van der Waals surface area contributed by atoms with Gasteiger partial charge >= 0.3 is 0 Å². The van der Waals surface area contributed by atoms with Crippen LogP contribution in [0.2, 0.25) is 0 Å². The van der Waals surface area contributed by atoms with Gasteiger partial charge in [-0.15, -0.1) is 12.3 Å². The molecule has 1 amide bonds. The standard InChI is InChI=1S/C11H11N3O2/c1-3-8-4-10(15)14(7-8)11-12-5-9(16-2)6-13-11/h1,5-6,8H,4,7H2,2H3. The number of nitrogens with zero attached hydrogens (tertiary/aromatic N) is 3. The number of methoxy groups -OCH3 is 1. The zero-order chi connectivity index (χ0) is 11.5. The maximum atomic E-state index is 11.6. The van der Waals surface area contributed by atoms with Crippen molar-refractivity contribution in [1.82, 2.24) is 9.97 Å². The van der Waals surface area contributed by atoms with E-state index in [2.05, 4.69) is 15.9 Å². The van der Waals surface area contributed by atoms with Crippen LogP contribution in [0.4, 0.5) is 5.95 Å². The molecule has 2 heterocycles. The number of carbonyl (C=O) groups excluding carboxylic acids is 1. The highest BCUT2D eigenvalue weighted by molar-refractivity contribution is 5.94. The van der Waals surface area contributed by atoms with Crippen LogP contribution in [0.15, 0.2) is 12.4 Å². The molecule has 1 aromatic heterocycles. The second kappa shape index (κ2) is 4.19. The van der Waals surface area contributed by atoms with E-state index in [-0.39, 0.29) is 11.8 Å². The molecule has 0 bridgehead atoms. The molecule has 82 valence electrons. The third-order valence-electron chi connectivity index (χ3n) is 2.45. The van der Waals surface area contributed by atoms with Crippen LogP contribution in [0.1, 0.15) is 6.42 Å². The zero-order valence-corrected chi connectivity index (χ0v) is 8.88. The van der Waals surface area contributed by atoms with E-state index in [4.69, 9.17) is 11.2 Å². The summed E-state index contributed by atoms with van der Waals surface area (Å²) in [6.07, 6.45) is 8.71. The molecule has 0 saturated carbocycles. The second-order valence-corrected chi connectivity index (χ2v) is 3.49. The molecule has 1 fully saturated rings.